The zero-order chi connectivity index (χ0) is 24.9. The highest BCUT2D eigenvalue weighted by Crippen LogP contribution is 2.37. The lowest BCUT2D eigenvalue weighted by Crippen LogP contribution is -2.44. The standard InChI is InChI=1S/C28H30N2O5/c1-18-5-7-21(8-6-18)17-30-23-16-22(11-13-24(23)35-19(2)28(30)32)29-27(31)14-10-20-9-12-25(33-3)26(15-20)34-4/h5-9,11-13,15-16,19H,10,14,17H2,1-4H3,(H,29,31). The molecule has 0 saturated carbocycles. The molecule has 0 bridgehead atoms. The van der Waals surface area contributed by atoms with Gasteiger partial charge in [0.2, 0.25) is 5.91 Å². The number of nitrogens with zero attached hydrogens (tertiary/aromatic N) is 1. The zero-order valence-electron chi connectivity index (χ0n) is 20.5. The summed E-state index contributed by atoms with van der Waals surface area (Å²) >= 11 is 0. The second kappa shape index (κ2) is 10.5. The van der Waals surface area contributed by atoms with E-state index in [1.807, 2.05) is 49.4 Å². The van der Waals surface area contributed by atoms with Gasteiger partial charge in [0.25, 0.3) is 5.91 Å². The maximum absolute atomic E-state index is 12.9. The summed E-state index contributed by atoms with van der Waals surface area (Å²) in [4.78, 5) is 27.3. The first-order valence-electron chi connectivity index (χ1n) is 11.6. The van der Waals surface area contributed by atoms with E-state index in [9.17, 15) is 9.59 Å². The fraction of sp³-hybridized carbons (Fsp3) is 0.286. The van der Waals surface area contributed by atoms with E-state index in [4.69, 9.17) is 14.2 Å². The summed E-state index contributed by atoms with van der Waals surface area (Å²) in [5.74, 6) is 1.66. The maximum atomic E-state index is 12.9. The highest BCUT2D eigenvalue weighted by Gasteiger charge is 2.31. The quantitative estimate of drug-likeness (QED) is 0.503. The molecule has 1 unspecified atom stereocenters. The van der Waals surface area contributed by atoms with E-state index in [1.165, 1.54) is 0 Å². The minimum Gasteiger partial charge on any atom is -0.493 e. The van der Waals surface area contributed by atoms with Gasteiger partial charge in [0.05, 0.1) is 26.5 Å². The number of methoxy groups -OCH3 is 2. The van der Waals surface area contributed by atoms with Crippen molar-refractivity contribution < 1.29 is 23.8 Å². The van der Waals surface area contributed by atoms with E-state index >= 15 is 0 Å². The third-order valence-corrected chi connectivity index (χ3v) is 6.00. The molecule has 0 aliphatic carbocycles. The van der Waals surface area contributed by atoms with Crippen LogP contribution in [0, 0.1) is 6.92 Å². The zero-order valence-corrected chi connectivity index (χ0v) is 20.5. The summed E-state index contributed by atoms with van der Waals surface area (Å²) in [6.07, 6.45) is 0.275. The Hall–Kier alpha value is -4.00. The number of carbonyl (C=O) groups is 2. The first-order chi connectivity index (χ1) is 16.9. The lowest BCUT2D eigenvalue weighted by atomic mass is 10.1. The van der Waals surface area contributed by atoms with Crippen LogP contribution in [0.5, 0.6) is 17.2 Å². The SMILES string of the molecule is COc1ccc(CCC(=O)Nc2ccc3c(c2)N(Cc2ccc(C)cc2)C(=O)C(C)O3)cc1OC. The molecule has 1 atom stereocenters. The molecule has 3 aromatic carbocycles. The Balaban J connectivity index is 1.47. The third kappa shape index (κ3) is 5.57. The number of aryl methyl sites for hydroxylation is 2. The number of benzene rings is 3. The summed E-state index contributed by atoms with van der Waals surface area (Å²) in [7, 11) is 3.17. The largest absolute Gasteiger partial charge is 0.493 e. The van der Waals surface area contributed by atoms with E-state index in [0.29, 0.717) is 48.0 Å². The monoisotopic (exact) mass is 474 g/mol. The van der Waals surface area contributed by atoms with Gasteiger partial charge in [-0.05, 0) is 61.7 Å². The van der Waals surface area contributed by atoms with Gasteiger partial charge in [-0.3, -0.25) is 9.59 Å². The Morgan fingerprint density at radius 3 is 2.40 bits per heavy atom. The molecule has 0 radical (unpaired) electrons. The number of carbonyl (C=O) groups excluding carboxylic acids is 2. The number of anilines is 2. The average molecular weight is 475 g/mol. The van der Waals surface area contributed by atoms with Gasteiger partial charge < -0.3 is 24.4 Å². The second-order valence-electron chi connectivity index (χ2n) is 8.59. The summed E-state index contributed by atoms with van der Waals surface area (Å²) in [6, 6.07) is 19.1. The van der Waals surface area contributed by atoms with Crippen LogP contribution in [0.2, 0.25) is 0 Å². The molecule has 182 valence electrons. The third-order valence-electron chi connectivity index (χ3n) is 6.00. The van der Waals surface area contributed by atoms with Crippen molar-refractivity contribution in [1.82, 2.24) is 0 Å². The summed E-state index contributed by atoms with van der Waals surface area (Å²) < 4.78 is 16.4. The van der Waals surface area contributed by atoms with Crippen molar-refractivity contribution in [3.63, 3.8) is 0 Å². The molecule has 1 heterocycles. The Labute approximate surface area is 205 Å². The first kappa shape index (κ1) is 24.1. The number of nitrogens with one attached hydrogen (secondary N) is 1. The van der Waals surface area contributed by atoms with Crippen LogP contribution in [0.1, 0.15) is 30.0 Å². The Morgan fingerprint density at radius 2 is 1.69 bits per heavy atom. The molecule has 0 spiro atoms. The molecule has 0 fully saturated rings. The van der Waals surface area contributed by atoms with Gasteiger partial charge in [-0.25, -0.2) is 0 Å². The molecule has 4 rings (SSSR count). The van der Waals surface area contributed by atoms with E-state index in [2.05, 4.69) is 5.32 Å². The molecule has 3 aromatic rings. The fourth-order valence-electron chi connectivity index (χ4n) is 4.04. The summed E-state index contributed by atoms with van der Waals surface area (Å²) in [5.41, 5.74) is 4.41. The molecule has 0 saturated heterocycles. The predicted octanol–water partition coefficient (Wildman–Crippen LogP) is 4.90. The Morgan fingerprint density at radius 1 is 0.971 bits per heavy atom. The fourth-order valence-corrected chi connectivity index (χ4v) is 4.04. The van der Waals surface area contributed by atoms with Crippen LogP contribution < -0.4 is 24.4 Å². The van der Waals surface area contributed by atoms with Crippen LogP contribution in [0.15, 0.2) is 60.7 Å². The number of ether oxygens (including phenoxy) is 3. The van der Waals surface area contributed by atoms with Crippen LogP contribution in [0.3, 0.4) is 0 Å². The summed E-state index contributed by atoms with van der Waals surface area (Å²) in [5, 5.41) is 2.94. The van der Waals surface area contributed by atoms with Crippen LogP contribution in [-0.2, 0) is 22.6 Å². The lowest BCUT2D eigenvalue weighted by molar-refractivity contribution is -0.125. The van der Waals surface area contributed by atoms with Crippen LogP contribution >= 0.6 is 0 Å². The van der Waals surface area contributed by atoms with Gasteiger partial charge in [0.15, 0.2) is 17.6 Å². The van der Waals surface area contributed by atoms with Crippen molar-refractivity contribution >= 4 is 23.2 Å². The highest BCUT2D eigenvalue weighted by molar-refractivity contribution is 6.01. The molecule has 7 nitrogen and oxygen atoms in total. The van der Waals surface area contributed by atoms with Crippen molar-refractivity contribution in [2.45, 2.75) is 39.3 Å². The number of hydrogen-bond acceptors (Lipinski definition) is 5. The number of amides is 2. The van der Waals surface area contributed by atoms with E-state index < -0.39 is 6.10 Å². The van der Waals surface area contributed by atoms with Gasteiger partial charge >= 0.3 is 0 Å². The normalized spacial score (nSPS) is 14.7. The van der Waals surface area contributed by atoms with Crippen LogP contribution in [0.25, 0.3) is 0 Å². The molecular weight excluding hydrogens is 444 g/mol. The molecule has 0 aromatic heterocycles. The molecular formula is C28H30N2O5. The van der Waals surface area contributed by atoms with E-state index in [-0.39, 0.29) is 11.8 Å². The molecule has 1 N–H and O–H groups in total. The van der Waals surface area contributed by atoms with Gasteiger partial charge in [0.1, 0.15) is 5.75 Å². The molecule has 2 amide bonds. The maximum Gasteiger partial charge on any atom is 0.268 e. The van der Waals surface area contributed by atoms with Crippen LogP contribution in [-0.4, -0.2) is 32.1 Å². The predicted molar refractivity (Wildman–Crippen MR) is 135 cm³/mol. The van der Waals surface area contributed by atoms with Crippen molar-refractivity contribution in [2.24, 2.45) is 0 Å². The van der Waals surface area contributed by atoms with Crippen molar-refractivity contribution in [1.29, 1.82) is 0 Å². The van der Waals surface area contributed by atoms with Gasteiger partial charge in [-0.1, -0.05) is 35.9 Å². The topological polar surface area (TPSA) is 77.1 Å². The molecule has 1 aliphatic heterocycles. The summed E-state index contributed by atoms with van der Waals surface area (Å²) in [6.45, 7) is 4.20. The van der Waals surface area contributed by atoms with Gasteiger partial charge in [-0.15, -0.1) is 0 Å². The minimum absolute atomic E-state index is 0.116. The number of rotatable bonds is 8. The number of hydrogen-bond donors (Lipinski definition) is 1. The van der Waals surface area contributed by atoms with Gasteiger partial charge in [0, 0.05) is 12.1 Å². The van der Waals surface area contributed by atoms with Gasteiger partial charge in [-0.2, -0.15) is 0 Å². The smallest absolute Gasteiger partial charge is 0.268 e. The minimum atomic E-state index is -0.574. The molecule has 35 heavy (non-hydrogen) atoms. The van der Waals surface area contributed by atoms with E-state index in [0.717, 1.165) is 16.7 Å². The van der Waals surface area contributed by atoms with E-state index in [1.54, 1.807) is 44.2 Å². The molecule has 1 aliphatic rings. The molecule has 7 heteroatoms. The van der Waals surface area contributed by atoms with Crippen molar-refractivity contribution in [3.8, 4) is 17.2 Å². The average Bonchev–Trinajstić information content (AvgIpc) is 2.86. The second-order valence-corrected chi connectivity index (χ2v) is 8.59. The van der Waals surface area contributed by atoms with Crippen molar-refractivity contribution in [2.75, 3.05) is 24.4 Å². The Bertz CT molecular complexity index is 1220. The lowest BCUT2D eigenvalue weighted by Gasteiger charge is -2.33. The first-order valence-corrected chi connectivity index (χ1v) is 11.6. The van der Waals surface area contributed by atoms with Crippen LogP contribution in [0.4, 0.5) is 11.4 Å². The Kier molecular flexibility index (Phi) is 7.25. The number of fused-ring (bicyclic) bond motifs is 1. The highest BCUT2D eigenvalue weighted by atomic mass is 16.5. The van der Waals surface area contributed by atoms with Crippen molar-refractivity contribution in [3.05, 3.63) is 77.4 Å².